The second-order valence-electron chi connectivity index (χ2n) is 4.14. The first-order valence-corrected chi connectivity index (χ1v) is 5.74. The molecule has 102 valence electrons. The van der Waals surface area contributed by atoms with Gasteiger partial charge in [0.15, 0.2) is 0 Å². The Morgan fingerprint density at radius 2 is 2.11 bits per heavy atom. The van der Waals surface area contributed by atoms with Crippen LogP contribution in [0.2, 0.25) is 0 Å². The molecule has 2 aromatic rings. The zero-order valence-corrected chi connectivity index (χ0v) is 10.2. The van der Waals surface area contributed by atoms with E-state index in [9.17, 15) is 18.0 Å². The van der Waals surface area contributed by atoms with Crippen molar-refractivity contribution in [1.82, 2.24) is 14.8 Å². The highest BCUT2D eigenvalue weighted by atomic mass is 19.4. The molecule has 0 aromatic carbocycles. The minimum atomic E-state index is -4.54. The van der Waals surface area contributed by atoms with Crippen molar-refractivity contribution in [3.05, 3.63) is 40.4 Å². The molecule has 0 amide bonds. The molecule has 0 spiro atoms. The highest BCUT2D eigenvalue weighted by Crippen LogP contribution is 2.30. The van der Waals surface area contributed by atoms with Crippen molar-refractivity contribution in [2.75, 3.05) is 0 Å². The van der Waals surface area contributed by atoms with Gasteiger partial charge in [0, 0.05) is 24.4 Å². The lowest BCUT2D eigenvalue weighted by Crippen LogP contribution is -2.13. The van der Waals surface area contributed by atoms with Crippen LogP contribution >= 0.6 is 0 Å². The quantitative estimate of drug-likeness (QED) is 0.933. The van der Waals surface area contributed by atoms with Gasteiger partial charge in [0.05, 0.1) is 17.5 Å². The maximum absolute atomic E-state index is 12.6. The van der Waals surface area contributed by atoms with E-state index >= 15 is 0 Å². The van der Waals surface area contributed by atoms with Gasteiger partial charge in [-0.25, -0.2) is 0 Å². The van der Waals surface area contributed by atoms with Crippen molar-refractivity contribution in [3.63, 3.8) is 0 Å². The minimum Gasteiger partial charge on any atom is -0.322 e. The first-order chi connectivity index (χ1) is 8.90. The van der Waals surface area contributed by atoms with Gasteiger partial charge in [-0.1, -0.05) is 6.92 Å². The molecule has 0 radical (unpaired) electrons. The van der Waals surface area contributed by atoms with Gasteiger partial charge in [0.2, 0.25) is 5.56 Å². The largest absolute Gasteiger partial charge is 0.416 e. The van der Waals surface area contributed by atoms with Gasteiger partial charge in [-0.2, -0.15) is 18.3 Å². The van der Waals surface area contributed by atoms with Gasteiger partial charge >= 0.3 is 6.18 Å². The Balaban J connectivity index is 2.44. The molecule has 0 saturated carbocycles. The summed E-state index contributed by atoms with van der Waals surface area (Å²) in [5.74, 6) is 0. The fourth-order valence-corrected chi connectivity index (χ4v) is 1.72. The molecule has 0 aliphatic heterocycles. The molecule has 0 saturated heterocycles. The number of aryl methyl sites for hydroxylation is 1. The van der Waals surface area contributed by atoms with Crippen LogP contribution < -0.4 is 5.56 Å². The van der Waals surface area contributed by atoms with Gasteiger partial charge < -0.3 is 4.98 Å². The summed E-state index contributed by atoms with van der Waals surface area (Å²) in [4.78, 5) is 13.7. The third kappa shape index (κ3) is 3.04. The van der Waals surface area contributed by atoms with Crippen molar-refractivity contribution in [2.45, 2.75) is 26.1 Å². The van der Waals surface area contributed by atoms with E-state index in [0.717, 1.165) is 12.5 Å². The lowest BCUT2D eigenvalue weighted by Gasteiger charge is -2.07. The van der Waals surface area contributed by atoms with E-state index in [0.29, 0.717) is 18.2 Å². The zero-order chi connectivity index (χ0) is 14.0. The van der Waals surface area contributed by atoms with Crippen LogP contribution in [0.1, 0.15) is 18.9 Å². The summed E-state index contributed by atoms with van der Waals surface area (Å²) in [5, 5.41) is 4.02. The number of pyridine rings is 1. The van der Waals surface area contributed by atoms with Crippen LogP contribution in [0, 0.1) is 0 Å². The molecule has 0 bridgehead atoms. The fraction of sp³-hybridized carbons (Fsp3) is 0.333. The molecule has 4 nitrogen and oxygen atoms in total. The molecule has 0 aliphatic rings. The van der Waals surface area contributed by atoms with Crippen LogP contribution in [-0.2, 0) is 12.7 Å². The fourth-order valence-electron chi connectivity index (χ4n) is 1.72. The van der Waals surface area contributed by atoms with E-state index in [1.807, 2.05) is 6.92 Å². The number of aromatic amines is 1. The van der Waals surface area contributed by atoms with Crippen LogP contribution in [0.15, 0.2) is 29.3 Å². The van der Waals surface area contributed by atoms with Gasteiger partial charge in [-0.15, -0.1) is 0 Å². The number of rotatable bonds is 3. The number of halogens is 3. The summed E-state index contributed by atoms with van der Waals surface area (Å²) in [7, 11) is 0. The average Bonchev–Trinajstić information content (AvgIpc) is 2.76. The van der Waals surface area contributed by atoms with E-state index in [2.05, 4.69) is 10.1 Å². The first kappa shape index (κ1) is 13.4. The SMILES string of the molecule is CCCn1cc(-c2cc(C(F)(F)F)cc(=O)[nH]2)cn1. The Kier molecular flexibility index (Phi) is 3.46. The summed E-state index contributed by atoms with van der Waals surface area (Å²) in [6.45, 7) is 2.64. The molecule has 1 N–H and O–H groups in total. The summed E-state index contributed by atoms with van der Waals surface area (Å²) in [6, 6.07) is 1.45. The van der Waals surface area contributed by atoms with E-state index in [-0.39, 0.29) is 5.69 Å². The summed E-state index contributed by atoms with van der Waals surface area (Å²) < 4.78 is 39.5. The highest BCUT2D eigenvalue weighted by molar-refractivity contribution is 5.57. The van der Waals surface area contributed by atoms with Crippen LogP contribution in [0.4, 0.5) is 13.2 Å². The van der Waals surface area contributed by atoms with E-state index in [1.165, 1.54) is 6.20 Å². The molecule has 2 heterocycles. The Labute approximate surface area is 106 Å². The normalized spacial score (nSPS) is 11.8. The molecule has 2 rings (SSSR count). The smallest absolute Gasteiger partial charge is 0.322 e. The maximum atomic E-state index is 12.6. The number of hydrogen-bond acceptors (Lipinski definition) is 2. The van der Waals surface area contributed by atoms with Crippen LogP contribution in [0.5, 0.6) is 0 Å². The Morgan fingerprint density at radius 1 is 1.37 bits per heavy atom. The van der Waals surface area contributed by atoms with Crippen LogP contribution in [0.3, 0.4) is 0 Å². The van der Waals surface area contributed by atoms with Crippen LogP contribution in [0.25, 0.3) is 11.3 Å². The van der Waals surface area contributed by atoms with E-state index < -0.39 is 17.3 Å². The molecule has 7 heteroatoms. The summed E-state index contributed by atoms with van der Waals surface area (Å²) in [6.07, 6.45) is -0.640. The molecule has 0 atom stereocenters. The number of hydrogen-bond donors (Lipinski definition) is 1. The topological polar surface area (TPSA) is 50.7 Å². The lowest BCUT2D eigenvalue weighted by molar-refractivity contribution is -0.137. The van der Waals surface area contributed by atoms with Gasteiger partial charge in [-0.05, 0) is 12.5 Å². The number of nitrogens with one attached hydrogen (secondary N) is 1. The highest BCUT2D eigenvalue weighted by Gasteiger charge is 2.31. The Hall–Kier alpha value is -2.05. The Morgan fingerprint density at radius 3 is 2.74 bits per heavy atom. The molecule has 0 unspecified atom stereocenters. The maximum Gasteiger partial charge on any atom is 0.416 e. The van der Waals surface area contributed by atoms with Crippen molar-refractivity contribution >= 4 is 0 Å². The predicted molar refractivity (Wildman–Crippen MR) is 63.6 cm³/mol. The number of alkyl halides is 3. The summed E-state index contributed by atoms with van der Waals surface area (Å²) in [5.41, 5.74) is -1.18. The van der Waals surface area contributed by atoms with Crippen molar-refractivity contribution in [1.29, 1.82) is 0 Å². The molecule has 0 fully saturated rings. The molecule has 2 aromatic heterocycles. The van der Waals surface area contributed by atoms with Crippen molar-refractivity contribution in [3.8, 4) is 11.3 Å². The van der Waals surface area contributed by atoms with Crippen molar-refractivity contribution in [2.24, 2.45) is 0 Å². The third-order valence-electron chi connectivity index (χ3n) is 2.57. The lowest BCUT2D eigenvalue weighted by atomic mass is 10.1. The van der Waals surface area contributed by atoms with Gasteiger partial charge in [-0.3, -0.25) is 9.48 Å². The second-order valence-corrected chi connectivity index (χ2v) is 4.14. The van der Waals surface area contributed by atoms with Gasteiger partial charge in [0.25, 0.3) is 0 Å². The first-order valence-electron chi connectivity index (χ1n) is 5.74. The number of H-pyrrole nitrogens is 1. The van der Waals surface area contributed by atoms with E-state index in [1.54, 1.807) is 10.9 Å². The van der Waals surface area contributed by atoms with Gasteiger partial charge in [0.1, 0.15) is 0 Å². The molecule has 0 aliphatic carbocycles. The Bertz CT molecular complexity index is 628. The standard InChI is InChI=1S/C12H12F3N3O/c1-2-3-18-7-8(6-16-18)10-4-9(12(13,14)15)5-11(19)17-10/h4-7H,2-3H2,1H3,(H,17,19). The zero-order valence-electron chi connectivity index (χ0n) is 10.2. The van der Waals surface area contributed by atoms with Crippen molar-refractivity contribution < 1.29 is 13.2 Å². The number of nitrogens with zero attached hydrogens (tertiary/aromatic N) is 2. The molecular weight excluding hydrogens is 259 g/mol. The monoisotopic (exact) mass is 271 g/mol. The van der Waals surface area contributed by atoms with E-state index in [4.69, 9.17) is 0 Å². The predicted octanol–water partition coefficient (Wildman–Crippen LogP) is 2.67. The molecule has 19 heavy (non-hydrogen) atoms. The van der Waals surface area contributed by atoms with Crippen LogP contribution in [-0.4, -0.2) is 14.8 Å². The average molecular weight is 271 g/mol. The summed E-state index contributed by atoms with van der Waals surface area (Å²) >= 11 is 0. The number of aromatic nitrogens is 3. The second kappa shape index (κ2) is 4.91. The molecular formula is C12H12F3N3O. The minimum absolute atomic E-state index is 0.113. The third-order valence-corrected chi connectivity index (χ3v) is 2.57.